The van der Waals surface area contributed by atoms with Crippen molar-refractivity contribution in [1.29, 1.82) is 0 Å². The number of carboxylic acids is 1. The molecule has 0 fully saturated rings. The standard InChI is InChI=1S/C15H21NO5.K/c17-10-4-7-12(11-5-2-1-3-6-11)16-15(21)13(18)8-9-14(19)20;/h1-3,5-6,12-13,17-18H,4,7-10H2,(H,16,21)(H,19,20);/q;+1/p-1/t12?,13-;/m0./s1. The van der Waals surface area contributed by atoms with Gasteiger partial charge in [-0.2, -0.15) is 0 Å². The number of rotatable bonds is 9. The molecule has 1 aromatic carbocycles. The van der Waals surface area contributed by atoms with Gasteiger partial charge in [0.1, 0.15) is 6.10 Å². The summed E-state index contributed by atoms with van der Waals surface area (Å²) in [6.07, 6.45) is -0.908. The van der Waals surface area contributed by atoms with Gasteiger partial charge in [0.25, 0.3) is 0 Å². The van der Waals surface area contributed by atoms with E-state index in [0.29, 0.717) is 12.8 Å². The van der Waals surface area contributed by atoms with E-state index in [2.05, 4.69) is 5.32 Å². The number of hydrogen-bond donors (Lipinski definition) is 3. The summed E-state index contributed by atoms with van der Waals surface area (Å²) < 4.78 is 0. The van der Waals surface area contributed by atoms with E-state index in [1.165, 1.54) is 0 Å². The molecule has 0 aliphatic rings. The van der Waals surface area contributed by atoms with Crippen molar-refractivity contribution in [2.75, 3.05) is 6.61 Å². The number of carboxylic acid groups (broad SMARTS) is 1. The van der Waals surface area contributed by atoms with Crippen LogP contribution in [0.5, 0.6) is 0 Å². The van der Waals surface area contributed by atoms with Crippen LogP contribution in [0.4, 0.5) is 0 Å². The van der Waals surface area contributed by atoms with Crippen molar-refractivity contribution in [3.63, 3.8) is 0 Å². The molecule has 0 aliphatic carbocycles. The molecule has 0 saturated heterocycles. The second-order valence-corrected chi connectivity index (χ2v) is 4.76. The molecule has 1 rings (SSSR count). The second-order valence-electron chi connectivity index (χ2n) is 4.76. The van der Waals surface area contributed by atoms with Crippen LogP contribution in [-0.2, 0) is 9.59 Å². The number of benzene rings is 1. The Morgan fingerprint density at radius 1 is 1.18 bits per heavy atom. The molecule has 6 nitrogen and oxygen atoms in total. The van der Waals surface area contributed by atoms with Gasteiger partial charge in [-0.25, -0.2) is 0 Å². The summed E-state index contributed by atoms with van der Waals surface area (Å²) in [5.41, 5.74) is 0.867. The Morgan fingerprint density at radius 2 is 1.82 bits per heavy atom. The number of carbonyl (C=O) groups excluding carboxylic acids is 2. The number of aliphatic carboxylic acids is 1. The molecule has 1 aromatic rings. The van der Waals surface area contributed by atoms with Crippen LogP contribution in [0.3, 0.4) is 0 Å². The fourth-order valence-electron chi connectivity index (χ4n) is 1.96. The Balaban J connectivity index is 0.00000441. The maximum absolute atomic E-state index is 11.9. The quantitative estimate of drug-likeness (QED) is 0.407. The van der Waals surface area contributed by atoms with Gasteiger partial charge >= 0.3 is 51.4 Å². The third-order valence-corrected chi connectivity index (χ3v) is 3.09. The van der Waals surface area contributed by atoms with Crippen LogP contribution in [-0.4, -0.2) is 34.8 Å². The Kier molecular flexibility index (Phi) is 12.0. The summed E-state index contributed by atoms with van der Waals surface area (Å²) in [6, 6.07) is 8.87. The van der Waals surface area contributed by atoms with E-state index in [9.17, 15) is 19.8 Å². The molecule has 116 valence electrons. The molecule has 2 atom stereocenters. The van der Waals surface area contributed by atoms with Gasteiger partial charge in [0.15, 0.2) is 0 Å². The number of aliphatic hydroxyl groups is 2. The van der Waals surface area contributed by atoms with Crippen molar-refractivity contribution in [2.24, 2.45) is 0 Å². The van der Waals surface area contributed by atoms with E-state index in [1.807, 2.05) is 30.3 Å². The minimum absolute atomic E-state index is 0. The number of aliphatic hydroxyl groups excluding tert-OH is 2. The third kappa shape index (κ3) is 8.38. The van der Waals surface area contributed by atoms with Gasteiger partial charge in [0.2, 0.25) is 5.91 Å². The van der Waals surface area contributed by atoms with Crippen molar-refractivity contribution in [3.8, 4) is 0 Å². The summed E-state index contributed by atoms with van der Waals surface area (Å²) in [4.78, 5) is 22.2. The first-order valence-corrected chi connectivity index (χ1v) is 6.88. The SMILES string of the molecule is O=C([O-])CC[C@H](O)C(=O)NC(CCCO)c1ccccc1.[K+]. The molecule has 0 radical (unpaired) electrons. The molecule has 0 spiro atoms. The summed E-state index contributed by atoms with van der Waals surface area (Å²) >= 11 is 0. The van der Waals surface area contributed by atoms with E-state index in [4.69, 9.17) is 5.11 Å². The number of carbonyl (C=O) groups is 2. The molecule has 3 N–H and O–H groups in total. The molecule has 1 amide bonds. The largest absolute Gasteiger partial charge is 1.00 e. The Hall–Kier alpha value is -0.284. The van der Waals surface area contributed by atoms with Gasteiger partial charge in [0.05, 0.1) is 6.04 Å². The van der Waals surface area contributed by atoms with E-state index < -0.39 is 18.0 Å². The molecular formula is C15H20KNO5. The predicted molar refractivity (Wildman–Crippen MR) is 73.9 cm³/mol. The van der Waals surface area contributed by atoms with Crippen LogP contribution < -0.4 is 61.8 Å². The average Bonchev–Trinajstić information content (AvgIpc) is 2.49. The Bertz CT molecular complexity index is 455. The molecular weight excluding hydrogens is 313 g/mol. The fourth-order valence-corrected chi connectivity index (χ4v) is 1.96. The molecule has 7 heteroatoms. The Morgan fingerprint density at radius 3 is 2.36 bits per heavy atom. The van der Waals surface area contributed by atoms with Crippen LogP contribution in [0.2, 0.25) is 0 Å². The van der Waals surface area contributed by atoms with E-state index in [-0.39, 0.29) is 76.9 Å². The maximum atomic E-state index is 11.9. The minimum Gasteiger partial charge on any atom is -0.550 e. The molecule has 1 unspecified atom stereocenters. The van der Waals surface area contributed by atoms with Crippen LogP contribution in [0.1, 0.15) is 37.3 Å². The van der Waals surface area contributed by atoms with Gasteiger partial charge in [-0.05, 0) is 31.2 Å². The molecule has 0 saturated carbocycles. The second kappa shape index (κ2) is 12.2. The minimum atomic E-state index is -1.39. The van der Waals surface area contributed by atoms with Crippen LogP contribution in [0.25, 0.3) is 0 Å². The van der Waals surface area contributed by atoms with E-state index >= 15 is 0 Å². The van der Waals surface area contributed by atoms with Gasteiger partial charge < -0.3 is 25.4 Å². The topological polar surface area (TPSA) is 110 Å². The van der Waals surface area contributed by atoms with Crippen molar-refractivity contribution >= 4 is 11.9 Å². The van der Waals surface area contributed by atoms with Crippen molar-refractivity contribution in [3.05, 3.63) is 35.9 Å². The first kappa shape index (κ1) is 21.7. The summed E-state index contributed by atoms with van der Waals surface area (Å²) in [7, 11) is 0. The Labute approximate surface area is 172 Å². The normalized spacial score (nSPS) is 12.8. The first-order valence-electron chi connectivity index (χ1n) is 6.88. The van der Waals surface area contributed by atoms with Crippen molar-refractivity contribution in [1.82, 2.24) is 5.32 Å². The number of nitrogens with one attached hydrogen (secondary N) is 1. The van der Waals surface area contributed by atoms with Gasteiger partial charge in [0, 0.05) is 12.6 Å². The molecule has 0 aromatic heterocycles. The van der Waals surface area contributed by atoms with Gasteiger partial charge in [-0.15, -0.1) is 0 Å². The zero-order valence-corrected chi connectivity index (χ0v) is 15.8. The van der Waals surface area contributed by atoms with E-state index in [1.54, 1.807) is 0 Å². The van der Waals surface area contributed by atoms with Crippen LogP contribution >= 0.6 is 0 Å². The van der Waals surface area contributed by atoms with Gasteiger partial charge in [-0.1, -0.05) is 30.3 Å². The molecule has 22 heavy (non-hydrogen) atoms. The third-order valence-electron chi connectivity index (χ3n) is 3.09. The smallest absolute Gasteiger partial charge is 0.550 e. The average molecular weight is 333 g/mol. The van der Waals surface area contributed by atoms with Gasteiger partial charge in [-0.3, -0.25) is 4.79 Å². The van der Waals surface area contributed by atoms with Crippen LogP contribution in [0.15, 0.2) is 30.3 Å². The first-order chi connectivity index (χ1) is 10.0. The predicted octanol–water partition coefficient (Wildman–Crippen LogP) is -3.49. The molecule has 0 heterocycles. The van der Waals surface area contributed by atoms with Crippen molar-refractivity contribution in [2.45, 2.75) is 37.8 Å². The van der Waals surface area contributed by atoms with Crippen LogP contribution in [0, 0.1) is 0 Å². The summed E-state index contributed by atoms with van der Waals surface area (Å²) in [5.74, 6) is -1.93. The summed E-state index contributed by atoms with van der Waals surface area (Å²) in [5, 5.41) is 31.6. The van der Waals surface area contributed by atoms with E-state index in [0.717, 1.165) is 5.56 Å². The maximum Gasteiger partial charge on any atom is 1.00 e. The summed E-state index contributed by atoms with van der Waals surface area (Å²) in [6.45, 7) is 0.00639. The number of hydrogen-bond acceptors (Lipinski definition) is 5. The molecule has 0 bridgehead atoms. The number of amides is 1. The van der Waals surface area contributed by atoms with Crippen molar-refractivity contribution < 1.29 is 76.3 Å². The monoisotopic (exact) mass is 333 g/mol. The zero-order chi connectivity index (χ0) is 15.7. The fraction of sp³-hybridized carbons (Fsp3) is 0.467. The zero-order valence-electron chi connectivity index (χ0n) is 12.7. The molecule has 0 aliphatic heterocycles.